The lowest BCUT2D eigenvalue weighted by Gasteiger charge is -2.41. The second-order valence-electron chi connectivity index (χ2n) is 6.52. The van der Waals surface area contributed by atoms with E-state index in [1.807, 2.05) is 60.7 Å². The van der Waals surface area contributed by atoms with Crippen LogP contribution in [0.1, 0.15) is 11.1 Å². The molecule has 0 bridgehead atoms. The molecule has 1 heterocycles. The standard InChI is InChI=1S/C21H26O6/c1-24-21-19(23)20(26-13-16-10-6-3-7-11-16)18(22)17(27-21)14-25-12-15-8-4-2-5-9-15/h2-11,17-23H,12-14H2,1H3/t17-,18-,19-,20+,21-/m1/s1. The van der Waals surface area contributed by atoms with Crippen LogP contribution in [-0.4, -0.2) is 54.6 Å². The van der Waals surface area contributed by atoms with Gasteiger partial charge in [0.25, 0.3) is 0 Å². The molecule has 5 atom stereocenters. The number of methoxy groups -OCH3 is 1. The number of rotatable bonds is 8. The molecule has 2 N–H and O–H groups in total. The van der Waals surface area contributed by atoms with Gasteiger partial charge in [0, 0.05) is 7.11 Å². The molecular formula is C21H26O6. The predicted molar refractivity (Wildman–Crippen MR) is 98.8 cm³/mol. The van der Waals surface area contributed by atoms with Gasteiger partial charge in [-0.15, -0.1) is 0 Å². The summed E-state index contributed by atoms with van der Waals surface area (Å²) in [6, 6.07) is 19.3. The molecular weight excluding hydrogens is 348 g/mol. The van der Waals surface area contributed by atoms with E-state index in [9.17, 15) is 10.2 Å². The largest absolute Gasteiger partial charge is 0.387 e. The smallest absolute Gasteiger partial charge is 0.186 e. The van der Waals surface area contributed by atoms with Crippen molar-refractivity contribution in [2.24, 2.45) is 0 Å². The Kier molecular flexibility index (Phi) is 7.34. The van der Waals surface area contributed by atoms with Crippen molar-refractivity contribution in [1.82, 2.24) is 0 Å². The SMILES string of the molecule is CO[C@@H]1O[C@H](COCc2ccccc2)[C@@H](O)[C@H](OCc2ccccc2)[C@H]1O. The minimum Gasteiger partial charge on any atom is -0.387 e. The summed E-state index contributed by atoms with van der Waals surface area (Å²) in [5.74, 6) is 0. The summed E-state index contributed by atoms with van der Waals surface area (Å²) >= 11 is 0. The summed E-state index contributed by atoms with van der Waals surface area (Å²) in [5, 5.41) is 21.1. The number of aliphatic hydroxyl groups is 2. The Labute approximate surface area is 159 Å². The number of hydrogen-bond acceptors (Lipinski definition) is 6. The van der Waals surface area contributed by atoms with E-state index in [2.05, 4.69) is 0 Å². The van der Waals surface area contributed by atoms with Gasteiger partial charge < -0.3 is 29.2 Å². The third kappa shape index (κ3) is 5.35. The lowest BCUT2D eigenvalue weighted by atomic mass is 9.99. The van der Waals surface area contributed by atoms with E-state index in [1.54, 1.807) is 0 Å². The van der Waals surface area contributed by atoms with Gasteiger partial charge in [-0.2, -0.15) is 0 Å². The van der Waals surface area contributed by atoms with Crippen LogP contribution in [0.3, 0.4) is 0 Å². The normalized spacial score (nSPS) is 28.2. The Hall–Kier alpha value is -1.80. The van der Waals surface area contributed by atoms with E-state index in [0.29, 0.717) is 6.61 Å². The van der Waals surface area contributed by atoms with Crippen molar-refractivity contribution in [2.45, 2.75) is 43.9 Å². The minimum atomic E-state index is -1.10. The zero-order valence-electron chi connectivity index (χ0n) is 15.3. The maximum atomic E-state index is 10.6. The van der Waals surface area contributed by atoms with E-state index in [1.165, 1.54) is 7.11 Å². The highest BCUT2D eigenvalue weighted by Crippen LogP contribution is 2.25. The van der Waals surface area contributed by atoms with E-state index in [0.717, 1.165) is 11.1 Å². The van der Waals surface area contributed by atoms with Gasteiger partial charge in [-0.1, -0.05) is 60.7 Å². The fourth-order valence-corrected chi connectivity index (χ4v) is 3.07. The summed E-state index contributed by atoms with van der Waals surface area (Å²) in [6.07, 6.45) is -4.53. The molecule has 0 radical (unpaired) electrons. The lowest BCUT2D eigenvalue weighted by molar-refractivity contribution is -0.305. The summed E-state index contributed by atoms with van der Waals surface area (Å²) in [7, 11) is 1.45. The molecule has 0 aliphatic carbocycles. The highest BCUT2D eigenvalue weighted by Gasteiger charge is 2.45. The molecule has 0 amide bonds. The van der Waals surface area contributed by atoms with E-state index in [4.69, 9.17) is 18.9 Å². The molecule has 1 saturated heterocycles. The van der Waals surface area contributed by atoms with Crippen LogP contribution in [0.4, 0.5) is 0 Å². The van der Waals surface area contributed by atoms with Crippen molar-refractivity contribution < 1.29 is 29.2 Å². The zero-order chi connectivity index (χ0) is 19.1. The molecule has 27 heavy (non-hydrogen) atoms. The molecule has 1 fully saturated rings. The van der Waals surface area contributed by atoms with Crippen molar-refractivity contribution in [1.29, 1.82) is 0 Å². The maximum absolute atomic E-state index is 10.6. The number of aliphatic hydroxyl groups excluding tert-OH is 2. The first-order chi connectivity index (χ1) is 13.2. The van der Waals surface area contributed by atoms with Crippen LogP contribution in [0.5, 0.6) is 0 Å². The quantitative estimate of drug-likeness (QED) is 0.735. The number of hydrogen-bond donors (Lipinski definition) is 2. The Bertz CT molecular complexity index is 665. The third-order valence-electron chi connectivity index (χ3n) is 4.55. The summed E-state index contributed by atoms with van der Waals surface area (Å²) < 4.78 is 22.4. The molecule has 0 spiro atoms. The lowest BCUT2D eigenvalue weighted by Crippen LogP contribution is -2.60. The van der Waals surface area contributed by atoms with Crippen LogP contribution < -0.4 is 0 Å². The fourth-order valence-electron chi connectivity index (χ4n) is 3.07. The highest BCUT2D eigenvalue weighted by molar-refractivity contribution is 5.14. The zero-order valence-corrected chi connectivity index (χ0v) is 15.3. The van der Waals surface area contributed by atoms with Crippen molar-refractivity contribution in [3.63, 3.8) is 0 Å². The van der Waals surface area contributed by atoms with Crippen LogP contribution in [-0.2, 0) is 32.2 Å². The summed E-state index contributed by atoms with van der Waals surface area (Å²) in [4.78, 5) is 0. The number of ether oxygens (including phenoxy) is 4. The van der Waals surface area contributed by atoms with Gasteiger partial charge >= 0.3 is 0 Å². The Morgan fingerprint density at radius 1 is 0.852 bits per heavy atom. The Morgan fingerprint density at radius 2 is 1.44 bits per heavy atom. The van der Waals surface area contributed by atoms with Crippen LogP contribution >= 0.6 is 0 Å². The molecule has 6 nitrogen and oxygen atoms in total. The second-order valence-corrected chi connectivity index (χ2v) is 6.52. The second kappa shape index (κ2) is 9.94. The van der Waals surface area contributed by atoms with Crippen LogP contribution in [0.15, 0.2) is 60.7 Å². The molecule has 1 aliphatic rings. The van der Waals surface area contributed by atoms with E-state index >= 15 is 0 Å². The van der Waals surface area contributed by atoms with Crippen molar-refractivity contribution in [3.8, 4) is 0 Å². The highest BCUT2D eigenvalue weighted by atomic mass is 16.7. The van der Waals surface area contributed by atoms with Gasteiger partial charge in [0.05, 0.1) is 19.8 Å². The molecule has 0 unspecified atom stereocenters. The summed E-state index contributed by atoms with van der Waals surface area (Å²) in [6.45, 7) is 0.838. The average Bonchev–Trinajstić information content (AvgIpc) is 2.71. The van der Waals surface area contributed by atoms with Gasteiger partial charge in [-0.05, 0) is 11.1 Å². The van der Waals surface area contributed by atoms with Crippen LogP contribution in [0, 0.1) is 0 Å². The topological polar surface area (TPSA) is 77.4 Å². The molecule has 0 aromatic heterocycles. The van der Waals surface area contributed by atoms with Crippen molar-refractivity contribution in [2.75, 3.05) is 13.7 Å². The van der Waals surface area contributed by atoms with Crippen molar-refractivity contribution >= 4 is 0 Å². The number of benzene rings is 2. The van der Waals surface area contributed by atoms with Crippen molar-refractivity contribution in [3.05, 3.63) is 71.8 Å². The first-order valence-corrected chi connectivity index (χ1v) is 9.00. The maximum Gasteiger partial charge on any atom is 0.186 e. The molecule has 146 valence electrons. The first-order valence-electron chi connectivity index (χ1n) is 9.00. The van der Waals surface area contributed by atoms with Gasteiger partial charge in [0.2, 0.25) is 0 Å². The predicted octanol–water partition coefficient (Wildman–Crippen LogP) is 1.88. The molecule has 2 aromatic rings. The third-order valence-corrected chi connectivity index (χ3v) is 4.55. The molecule has 0 saturated carbocycles. The monoisotopic (exact) mass is 374 g/mol. The van der Waals surface area contributed by atoms with Gasteiger partial charge in [0.15, 0.2) is 6.29 Å². The van der Waals surface area contributed by atoms with Crippen LogP contribution in [0.2, 0.25) is 0 Å². The molecule has 2 aromatic carbocycles. The van der Waals surface area contributed by atoms with Gasteiger partial charge in [-0.3, -0.25) is 0 Å². The molecule has 6 heteroatoms. The average molecular weight is 374 g/mol. The van der Waals surface area contributed by atoms with E-state index < -0.39 is 30.7 Å². The Morgan fingerprint density at radius 3 is 2.04 bits per heavy atom. The van der Waals surface area contributed by atoms with Crippen LogP contribution in [0.25, 0.3) is 0 Å². The summed E-state index contributed by atoms with van der Waals surface area (Å²) in [5.41, 5.74) is 1.98. The molecule has 1 aliphatic heterocycles. The fraction of sp³-hybridized carbons (Fsp3) is 0.429. The van der Waals surface area contributed by atoms with E-state index in [-0.39, 0.29) is 13.2 Å². The Balaban J connectivity index is 1.58. The minimum absolute atomic E-state index is 0.161. The molecule has 3 rings (SSSR count). The first kappa shape index (κ1) is 19.9. The van der Waals surface area contributed by atoms with Gasteiger partial charge in [0.1, 0.15) is 24.4 Å². The van der Waals surface area contributed by atoms with Gasteiger partial charge in [-0.25, -0.2) is 0 Å².